The maximum Gasteiger partial charge on any atom is 0.348 e. The molecule has 2 rings (SSSR count). The van der Waals surface area contributed by atoms with Gasteiger partial charge in [-0.2, -0.15) is 10.4 Å². The van der Waals surface area contributed by atoms with Crippen molar-refractivity contribution in [1.82, 2.24) is 9.78 Å². The molecule has 0 bridgehead atoms. The van der Waals surface area contributed by atoms with Crippen LogP contribution in [0.5, 0.6) is 0 Å². The first-order valence-corrected chi connectivity index (χ1v) is 8.64. The van der Waals surface area contributed by atoms with Gasteiger partial charge < -0.3 is 4.74 Å². The molecule has 0 aliphatic carbocycles. The van der Waals surface area contributed by atoms with Gasteiger partial charge in [-0.1, -0.05) is 11.6 Å². The van der Waals surface area contributed by atoms with Gasteiger partial charge in [-0.25, -0.2) is 17.9 Å². The number of carbonyl (C=O) groups excluding carboxylic acids is 1. The molecule has 7 nitrogen and oxygen atoms in total. The molecule has 0 saturated carbocycles. The Bertz CT molecular complexity index is 789. The number of halogens is 1. The number of aromatic nitrogens is 2. The van der Waals surface area contributed by atoms with E-state index in [9.17, 15) is 13.2 Å². The average molecular weight is 344 g/mol. The molecule has 2 heterocycles. The van der Waals surface area contributed by atoms with E-state index in [1.54, 1.807) is 13.0 Å². The second kappa shape index (κ2) is 6.10. The summed E-state index contributed by atoms with van der Waals surface area (Å²) in [6.07, 6.45) is 1.74. The third kappa shape index (κ3) is 3.15. The van der Waals surface area contributed by atoms with Gasteiger partial charge in [0.25, 0.3) is 0 Å². The van der Waals surface area contributed by atoms with E-state index in [4.69, 9.17) is 16.9 Å². The normalized spacial score (nSPS) is 20.6. The van der Waals surface area contributed by atoms with E-state index in [1.165, 1.54) is 17.9 Å². The van der Waals surface area contributed by atoms with E-state index in [0.717, 1.165) is 0 Å². The number of hydrogen-bond donors (Lipinski definition) is 0. The lowest BCUT2D eigenvalue weighted by molar-refractivity contribution is -0.135. The van der Waals surface area contributed by atoms with Crippen LogP contribution < -0.4 is 0 Å². The summed E-state index contributed by atoms with van der Waals surface area (Å²) in [6.45, 7) is 1.67. The van der Waals surface area contributed by atoms with Gasteiger partial charge in [-0.3, -0.25) is 0 Å². The van der Waals surface area contributed by atoms with E-state index in [-0.39, 0.29) is 28.3 Å². The van der Waals surface area contributed by atoms with E-state index in [0.29, 0.717) is 17.7 Å². The molecule has 0 N–H and O–H groups in total. The first kappa shape index (κ1) is 16.5. The highest BCUT2D eigenvalue weighted by Gasteiger charge is 2.32. The monoisotopic (exact) mass is 343 g/mol. The van der Waals surface area contributed by atoms with E-state index >= 15 is 0 Å². The molecule has 118 valence electrons. The number of carbonyl (C=O) groups is 1. The maximum atomic E-state index is 11.6. The largest absolute Gasteiger partial charge is 0.465 e. The molecule has 1 aromatic heterocycles. The number of sulfone groups is 1. The van der Waals surface area contributed by atoms with E-state index in [1.807, 2.05) is 0 Å². The van der Waals surface area contributed by atoms with Crippen molar-refractivity contribution < 1.29 is 17.9 Å². The number of hydrogen-bond acceptors (Lipinski definition) is 6. The minimum absolute atomic E-state index is 0.0148. The van der Waals surface area contributed by atoms with Gasteiger partial charge in [0.1, 0.15) is 16.8 Å². The first-order valence-electron chi connectivity index (χ1n) is 6.44. The number of aryl methyl sites for hydroxylation is 1. The predicted octanol–water partition coefficient (Wildman–Crippen LogP) is 1.28. The van der Waals surface area contributed by atoms with Crippen LogP contribution in [0.4, 0.5) is 0 Å². The van der Waals surface area contributed by atoms with Gasteiger partial charge in [0.05, 0.1) is 30.4 Å². The number of methoxy groups -OCH3 is 1. The molecular weight excluding hydrogens is 330 g/mol. The van der Waals surface area contributed by atoms with Gasteiger partial charge in [-0.15, -0.1) is 0 Å². The second-order valence-electron chi connectivity index (χ2n) is 4.95. The third-order valence-corrected chi connectivity index (χ3v) is 5.57. The average Bonchev–Trinajstić information content (AvgIpc) is 2.96. The summed E-state index contributed by atoms with van der Waals surface area (Å²) >= 11 is 6.25. The summed E-state index contributed by atoms with van der Waals surface area (Å²) in [6, 6.07) is 1.41. The molecule has 0 aromatic carbocycles. The fraction of sp³-hybridized carbons (Fsp3) is 0.462. The zero-order chi connectivity index (χ0) is 16.5. The zero-order valence-electron chi connectivity index (χ0n) is 12.0. The maximum absolute atomic E-state index is 11.6. The quantitative estimate of drug-likeness (QED) is 0.465. The Kier molecular flexibility index (Phi) is 4.58. The van der Waals surface area contributed by atoms with E-state index < -0.39 is 15.8 Å². The number of rotatable bonds is 3. The highest BCUT2D eigenvalue weighted by molar-refractivity contribution is 7.91. The van der Waals surface area contributed by atoms with Crippen molar-refractivity contribution in [2.75, 3.05) is 18.6 Å². The Labute approximate surface area is 133 Å². The van der Waals surface area contributed by atoms with Crippen molar-refractivity contribution in [3.05, 3.63) is 22.0 Å². The summed E-state index contributed by atoms with van der Waals surface area (Å²) in [5.74, 6) is -0.683. The third-order valence-electron chi connectivity index (χ3n) is 3.44. The van der Waals surface area contributed by atoms with Gasteiger partial charge in [0, 0.05) is 5.56 Å². The molecule has 0 radical (unpaired) electrons. The molecule has 1 aromatic rings. The lowest BCUT2D eigenvalue weighted by atomic mass is 10.1. The molecule has 22 heavy (non-hydrogen) atoms. The SMILES string of the molecule is COC(=O)/C(C#N)=C/c1c(C)nn([C@@H]2CCS(=O)(=O)C2)c1Cl. The van der Waals surface area contributed by atoms with Crippen LogP contribution in [0, 0.1) is 18.3 Å². The first-order chi connectivity index (χ1) is 10.3. The molecule has 9 heteroatoms. The summed E-state index contributed by atoms with van der Waals surface area (Å²) in [5.41, 5.74) is 0.713. The van der Waals surface area contributed by atoms with Crippen LogP contribution in [-0.4, -0.2) is 42.8 Å². The highest BCUT2D eigenvalue weighted by atomic mass is 35.5. The lowest BCUT2D eigenvalue weighted by Gasteiger charge is -2.09. The molecule has 0 amide bonds. The molecule has 1 fully saturated rings. The minimum atomic E-state index is -3.07. The number of ether oxygens (including phenoxy) is 1. The smallest absolute Gasteiger partial charge is 0.348 e. The molecule has 1 atom stereocenters. The van der Waals surface area contributed by atoms with Crippen molar-refractivity contribution in [1.29, 1.82) is 5.26 Å². The predicted molar refractivity (Wildman–Crippen MR) is 79.9 cm³/mol. The van der Waals surface area contributed by atoms with Crippen LogP contribution in [-0.2, 0) is 19.4 Å². The van der Waals surface area contributed by atoms with E-state index in [2.05, 4.69) is 9.84 Å². The molecule has 1 saturated heterocycles. The van der Waals surface area contributed by atoms with Crippen LogP contribution >= 0.6 is 11.6 Å². The minimum Gasteiger partial charge on any atom is -0.465 e. The number of esters is 1. The fourth-order valence-corrected chi connectivity index (χ4v) is 4.36. The van der Waals surface area contributed by atoms with Crippen LogP contribution in [0.2, 0.25) is 5.15 Å². The van der Waals surface area contributed by atoms with Gasteiger partial charge in [-0.05, 0) is 19.4 Å². The summed E-state index contributed by atoms with van der Waals surface area (Å²) < 4.78 is 29.1. The van der Waals surface area contributed by atoms with Crippen LogP contribution in [0.3, 0.4) is 0 Å². The van der Waals surface area contributed by atoms with Gasteiger partial charge in [0.15, 0.2) is 9.84 Å². The highest BCUT2D eigenvalue weighted by Crippen LogP contribution is 2.31. The summed E-state index contributed by atoms with van der Waals surface area (Å²) in [4.78, 5) is 11.5. The summed E-state index contributed by atoms with van der Waals surface area (Å²) in [7, 11) is -1.90. The van der Waals surface area contributed by atoms with Crippen molar-refractivity contribution >= 4 is 33.5 Å². The van der Waals surface area contributed by atoms with Crippen LogP contribution in [0.15, 0.2) is 5.57 Å². The van der Waals surface area contributed by atoms with Gasteiger partial charge >= 0.3 is 5.97 Å². The second-order valence-corrected chi connectivity index (χ2v) is 7.54. The Morgan fingerprint density at radius 2 is 2.27 bits per heavy atom. The molecular formula is C13H14ClN3O4S. The zero-order valence-corrected chi connectivity index (χ0v) is 13.6. The molecule has 1 aliphatic heterocycles. The Morgan fingerprint density at radius 1 is 1.59 bits per heavy atom. The van der Waals surface area contributed by atoms with Crippen molar-refractivity contribution in [2.24, 2.45) is 0 Å². The Morgan fingerprint density at radius 3 is 2.77 bits per heavy atom. The van der Waals surface area contributed by atoms with Crippen LogP contribution in [0.25, 0.3) is 6.08 Å². The van der Waals surface area contributed by atoms with Crippen LogP contribution in [0.1, 0.15) is 23.7 Å². The summed E-state index contributed by atoms with van der Waals surface area (Å²) in [5, 5.41) is 13.4. The lowest BCUT2D eigenvalue weighted by Crippen LogP contribution is -2.12. The standard InChI is InChI=1S/C13H14ClN3O4S/c1-8-11(5-9(6-15)13(18)21-2)12(14)17(16-8)10-3-4-22(19,20)7-10/h5,10H,3-4,7H2,1-2H3/b9-5+/t10-/m1/s1. The molecule has 1 aliphatic rings. The van der Waals surface area contributed by atoms with Crippen molar-refractivity contribution in [2.45, 2.75) is 19.4 Å². The fourth-order valence-electron chi connectivity index (χ4n) is 2.30. The van der Waals surface area contributed by atoms with Crippen molar-refractivity contribution in [3.63, 3.8) is 0 Å². The van der Waals surface area contributed by atoms with Crippen molar-refractivity contribution in [3.8, 4) is 6.07 Å². The number of nitriles is 1. The number of nitrogens with zero attached hydrogens (tertiary/aromatic N) is 3. The topological polar surface area (TPSA) is 102 Å². The molecule has 0 spiro atoms. The van der Waals surface area contributed by atoms with Gasteiger partial charge in [0.2, 0.25) is 0 Å². The molecule has 0 unspecified atom stereocenters. The Balaban J connectivity index is 2.42. The Hall–Kier alpha value is -1.85.